The molecular formula is C20H19F3N4O2. The molecule has 5 rings (SSSR count). The summed E-state index contributed by atoms with van der Waals surface area (Å²) in [6.45, 7) is 1.37. The van der Waals surface area contributed by atoms with Crippen LogP contribution >= 0.6 is 0 Å². The molecule has 152 valence electrons. The lowest BCUT2D eigenvalue weighted by Gasteiger charge is -2.54. The van der Waals surface area contributed by atoms with Crippen molar-refractivity contribution in [2.45, 2.75) is 31.5 Å². The summed E-state index contributed by atoms with van der Waals surface area (Å²) in [7, 11) is 0. The van der Waals surface area contributed by atoms with Crippen LogP contribution < -0.4 is 9.80 Å². The van der Waals surface area contributed by atoms with Crippen molar-refractivity contribution in [3.05, 3.63) is 17.2 Å². The second-order valence-electron chi connectivity index (χ2n) is 7.92. The van der Waals surface area contributed by atoms with Crippen LogP contribution in [-0.2, 0) is 11.0 Å². The van der Waals surface area contributed by atoms with Crippen LogP contribution in [0.1, 0.15) is 30.4 Å². The molecule has 4 fully saturated rings. The number of carboxylic acids is 1. The van der Waals surface area contributed by atoms with E-state index in [1.54, 1.807) is 15.9 Å². The van der Waals surface area contributed by atoms with E-state index < -0.39 is 23.3 Å². The number of carbonyl (C=O) groups is 1. The van der Waals surface area contributed by atoms with Gasteiger partial charge in [0.2, 0.25) is 0 Å². The molecule has 0 aromatic carbocycles. The lowest BCUT2D eigenvalue weighted by atomic mass is 9.60. The van der Waals surface area contributed by atoms with Gasteiger partial charge in [0.05, 0.1) is 11.6 Å². The number of piperidine rings is 2. The van der Waals surface area contributed by atoms with Gasteiger partial charge in [0.15, 0.2) is 5.82 Å². The van der Waals surface area contributed by atoms with Crippen molar-refractivity contribution >= 4 is 17.6 Å². The third kappa shape index (κ3) is 3.25. The van der Waals surface area contributed by atoms with Crippen LogP contribution in [-0.4, -0.2) is 41.7 Å². The molecule has 4 atom stereocenters. The number of anilines is 2. The lowest BCUT2D eigenvalue weighted by molar-refractivity contribution is -0.141. The van der Waals surface area contributed by atoms with E-state index in [9.17, 15) is 23.2 Å². The van der Waals surface area contributed by atoms with Gasteiger partial charge in [-0.15, -0.1) is 6.42 Å². The first-order valence-corrected chi connectivity index (χ1v) is 9.44. The smallest absolute Gasteiger partial charge is 0.417 e. The number of carboxylic acid groups (broad SMARTS) is 1. The molecule has 6 nitrogen and oxygen atoms in total. The summed E-state index contributed by atoms with van der Waals surface area (Å²) in [6, 6.07) is 2.22. The molecule has 9 heteroatoms. The summed E-state index contributed by atoms with van der Waals surface area (Å²) < 4.78 is 41.1. The van der Waals surface area contributed by atoms with Gasteiger partial charge in [0.25, 0.3) is 0 Å². The minimum absolute atomic E-state index is 0.0205. The molecule has 1 aromatic heterocycles. The zero-order chi connectivity index (χ0) is 20.9. The maximum Gasteiger partial charge on any atom is 0.417 e. The maximum atomic E-state index is 13.7. The van der Waals surface area contributed by atoms with E-state index in [2.05, 4.69) is 10.9 Å². The number of nitriles is 1. The van der Waals surface area contributed by atoms with E-state index in [4.69, 9.17) is 11.5 Å². The van der Waals surface area contributed by atoms with Crippen LogP contribution in [0.2, 0.25) is 0 Å². The van der Waals surface area contributed by atoms with Crippen molar-refractivity contribution in [3.63, 3.8) is 0 Å². The molecule has 1 N–H and O–H groups in total. The number of alkyl halides is 3. The number of aliphatic carboxylic acids is 1. The standard InChI is InChI=1S/C20H19F3N4O2/c1-2-13-3-4-27(13)19-15(8-24)16(20(21,22)23)7-17(25-19)26-9-11-5-12(10-26)14(11)6-18(28)29/h1,7,11-14H,3-6,9-10H2,(H,28,29)/t11-,12+,13-,14-/m0/s1. The van der Waals surface area contributed by atoms with E-state index in [0.29, 0.717) is 26.1 Å². The molecule has 0 spiro atoms. The highest BCUT2D eigenvalue weighted by atomic mass is 19.4. The Morgan fingerprint density at radius 1 is 1.38 bits per heavy atom. The van der Waals surface area contributed by atoms with Gasteiger partial charge in [0.1, 0.15) is 17.5 Å². The molecule has 3 saturated heterocycles. The Bertz CT molecular complexity index is 921. The molecule has 4 aliphatic rings. The Kier molecular flexibility index (Phi) is 4.57. The minimum Gasteiger partial charge on any atom is -0.481 e. The van der Waals surface area contributed by atoms with E-state index in [-0.39, 0.29) is 41.9 Å². The Balaban J connectivity index is 1.69. The third-order valence-electron chi connectivity index (χ3n) is 6.35. The SMILES string of the molecule is C#C[C@H]1CCN1c1nc(N2C[C@H]3C[C@@H](C2)[C@@H]3CC(=O)O)cc(C(F)(F)F)c1C#N. The number of hydrogen-bond donors (Lipinski definition) is 1. The fourth-order valence-electron chi connectivity index (χ4n) is 4.75. The first-order chi connectivity index (χ1) is 13.7. The molecule has 2 bridgehead atoms. The van der Waals surface area contributed by atoms with Gasteiger partial charge >= 0.3 is 12.1 Å². The Labute approximate surface area is 165 Å². The van der Waals surface area contributed by atoms with Gasteiger partial charge in [-0.3, -0.25) is 4.79 Å². The zero-order valence-corrected chi connectivity index (χ0v) is 15.5. The molecule has 0 unspecified atom stereocenters. The third-order valence-corrected chi connectivity index (χ3v) is 6.35. The first-order valence-electron chi connectivity index (χ1n) is 9.44. The number of fused-ring (bicyclic) bond motifs is 2. The Morgan fingerprint density at radius 2 is 2.07 bits per heavy atom. The summed E-state index contributed by atoms with van der Waals surface area (Å²) in [5, 5.41) is 18.5. The lowest BCUT2D eigenvalue weighted by Crippen LogP contribution is -2.56. The highest BCUT2D eigenvalue weighted by molar-refractivity contribution is 5.68. The average molecular weight is 404 g/mol. The highest BCUT2D eigenvalue weighted by Crippen LogP contribution is 2.49. The number of aromatic nitrogens is 1. The summed E-state index contributed by atoms with van der Waals surface area (Å²) >= 11 is 0. The second-order valence-corrected chi connectivity index (χ2v) is 7.92. The molecule has 3 aliphatic heterocycles. The minimum atomic E-state index is -4.70. The van der Waals surface area contributed by atoms with Crippen molar-refractivity contribution in [2.75, 3.05) is 29.4 Å². The van der Waals surface area contributed by atoms with Crippen molar-refractivity contribution in [2.24, 2.45) is 17.8 Å². The number of nitrogens with zero attached hydrogens (tertiary/aromatic N) is 4. The van der Waals surface area contributed by atoms with Gasteiger partial charge in [-0.1, -0.05) is 5.92 Å². The summed E-state index contributed by atoms with van der Waals surface area (Å²) in [5.41, 5.74) is -1.52. The van der Waals surface area contributed by atoms with Crippen LogP contribution in [0.3, 0.4) is 0 Å². The average Bonchev–Trinajstić information content (AvgIpc) is 2.64. The van der Waals surface area contributed by atoms with Gasteiger partial charge < -0.3 is 14.9 Å². The van der Waals surface area contributed by atoms with Crippen LogP contribution in [0.25, 0.3) is 0 Å². The van der Waals surface area contributed by atoms with E-state index in [1.165, 1.54) is 0 Å². The molecule has 4 heterocycles. The second kappa shape index (κ2) is 6.84. The van der Waals surface area contributed by atoms with Gasteiger partial charge in [-0.05, 0) is 36.7 Å². The molecular weight excluding hydrogens is 385 g/mol. The largest absolute Gasteiger partial charge is 0.481 e. The number of terminal acetylenes is 1. The van der Waals surface area contributed by atoms with Crippen molar-refractivity contribution in [3.8, 4) is 18.4 Å². The molecule has 29 heavy (non-hydrogen) atoms. The maximum absolute atomic E-state index is 13.7. The zero-order valence-electron chi connectivity index (χ0n) is 15.5. The quantitative estimate of drug-likeness (QED) is 0.778. The number of hydrogen-bond acceptors (Lipinski definition) is 5. The van der Waals surface area contributed by atoms with E-state index in [0.717, 1.165) is 12.5 Å². The normalized spacial score (nSPS) is 28.0. The number of rotatable bonds is 4. The van der Waals surface area contributed by atoms with E-state index in [1.807, 2.05) is 0 Å². The molecule has 1 aromatic rings. The summed E-state index contributed by atoms with van der Waals surface area (Å²) in [4.78, 5) is 18.8. The highest BCUT2D eigenvalue weighted by Gasteiger charge is 2.48. The monoisotopic (exact) mass is 404 g/mol. The Hall–Kier alpha value is -2.94. The van der Waals surface area contributed by atoms with Crippen molar-refractivity contribution < 1.29 is 23.1 Å². The molecule has 1 saturated carbocycles. The molecule has 0 amide bonds. The van der Waals surface area contributed by atoms with Crippen LogP contribution in [0.5, 0.6) is 0 Å². The van der Waals surface area contributed by atoms with Gasteiger partial charge in [-0.2, -0.15) is 18.4 Å². The predicted molar refractivity (Wildman–Crippen MR) is 98.1 cm³/mol. The molecule has 1 aliphatic carbocycles. The topological polar surface area (TPSA) is 80.5 Å². The summed E-state index contributed by atoms with van der Waals surface area (Å²) in [5.74, 6) is 2.13. The van der Waals surface area contributed by atoms with Crippen LogP contribution in [0.4, 0.5) is 24.8 Å². The van der Waals surface area contributed by atoms with E-state index >= 15 is 0 Å². The van der Waals surface area contributed by atoms with Crippen LogP contribution in [0, 0.1) is 41.4 Å². The summed E-state index contributed by atoms with van der Waals surface area (Å²) in [6.07, 6.45) is 2.36. The van der Waals surface area contributed by atoms with Gasteiger partial charge in [-0.25, -0.2) is 4.98 Å². The van der Waals surface area contributed by atoms with Gasteiger partial charge in [0, 0.05) is 26.1 Å². The molecule has 0 radical (unpaired) electrons. The fraction of sp³-hybridized carbons (Fsp3) is 0.550. The van der Waals surface area contributed by atoms with Crippen molar-refractivity contribution in [1.29, 1.82) is 5.26 Å². The van der Waals surface area contributed by atoms with Crippen LogP contribution in [0.15, 0.2) is 6.07 Å². The fourth-order valence-corrected chi connectivity index (χ4v) is 4.75. The Morgan fingerprint density at radius 3 is 2.55 bits per heavy atom. The van der Waals surface area contributed by atoms with Crippen molar-refractivity contribution in [1.82, 2.24) is 4.98 Å². The number of halogens is 3. The first kappa shape index (κ1) is 19.4. The number of pyridine rings is 1. The predicted octanol–water partition coefficient (Wildman–Crippen LogP) is 2.73.